The summed E-state index contributed by atoms with van der Waals surface area (Å²) in [5.74, 6) is 1.03. The fraction of sp³-hybridized carbons (Fsp3) is 0.588. The molecule has 1 saturated carbocycles. The van der Waals surface area contributed by atoms with Crippen molar-refractivity contribution in [3.05, 3.63) is 29.3 Å². The summed E-state index contributed by atoms with van der Waals surface area (Å²) in [5.41, 5.74) is 2.42. The van der Waals surface area contributed by atoms with Gasteiger partial charge in [-0.25, -0.2) is 0 Å². The average Bonchev–Trinajstić information content (AvgIpc) is 2.90. The van der Waals surface area contributed by atoms with Crippen LogP contribution in [0, 0.1) is 19.8 Å². The van der Waals surface area contributed by atoms with E-state index in [0.717, 1.165) is 25.0 Å². The summed E-state index contributed by atoms with van der Waals surface area (Å²) in [6.07, 6.45) is 3.40. The second kappa shape index (κ2) is 7.46. The maximum absolute atomic E-state index is 11.9. The molecule has 1 aliphatic rings. The zero-order chi connectivity index (χ0) is 15.2. The number of ether oxygens (including phenoxy) is 1. The molecule has 0 aromatic heterocycles. The second-order valence-electron chi connectivity index (χ2n) is 5.89. The number of amides is 1. The molecule has 2 unspecified atom stereocenters. The highest BCUT2D eigenvalue weighted by molar-refractivity contribution is 5.76. The van der Waals surface area contributed by atoms with E-state index in [1.54, 1.807) is 0 Å². The van der Waals surface area contributed by atoms with Crippen LogP contribution in [-0.4, -0.2) is 30.3 Å². The Kier molecular flexibility index (Phi) is 5.62. The van der Waals surface area contributed by atoms with Crippen molar-refractivity contribution in [3.63, 3.8) is 0 Å². The van der Waals surface area contributed by atoms with Gasteiger partial charge in [-0.15, -0.1) is 0 Å². The van der Waals surface area contributed by atoms with Crippen molar-refractivity contribution in [2.75, 3.05) is 13.2 Å². The van der Waals surface area contributed by atoms with Crippen LogP contribution in [0.15, 0.2) is 18.2 Å². The van der Waals surface area contributed by atoms with Crippen LogP contribution < -0.4 is 10.1 Å². The van der Waals surface area contributed by atoms with Crippen molar-refractivity contribution in [2.24, 2.45) is 5.92 Å². The first kappa shape index (κ1) is 15.8. The zero-order valence-electron chi connectivity index (χ0n) is 12.9. The topological polar surface area (TPSA) is 58.6 Å². The normalized spacial score (nSPS) is 21.3. The van der Waals surface area contributed by atoms with Crippen molar-refractivity contribution in [2.45, 2.75) is 45.6 Å². The highest BCUT2D eigenvalue weighted by Crippen LogP contribution is 2.25. The lowest BCUT2D eigenvalue weighted by atomic mass is 10.1. The molecule has 2 atom stereocenters. The van der Waals surface area contributed by atoms with Gasteiger partial charge in [-0.3, -0.25) is 4.79 Å². The second-order valence-corrected chi connectivity index (χ2v) is 5.89. The van der Waals surface area contributed by atoms with Gasteiger partial charge in [0, 0.05) is 18.6 Å². The van der Waals surface area contributed by atoms with E-state index in [4.69, 9.17) is 4.74 Å². The van der Waals surface area contributed by atoms with Crippen molar-refractivity contribution in [3.8, 4) is 5.75 Å². The molecule has 0 radical (unpaired) electrons. The van der Waals surface area contributed by atoms with Gasteiger partial charge in [0.05, 0.1) is 13.0 Å². The molecule has 1 aromatic carbocycles. The van der Waals surface area contributed by atoms with Crippen molar-refractivity contribution in [1.82, 2.24) is 5.32 Å². The molecular weight excluding hydrogens is 266 g/mol. The van der Waals surface area contributed by atoms with Gasteiger partial charge in [0.25, 0.3) is 0 Å². The fourth-order valence-electron chi connectivity index (χ4n) is 2.79. The SMILES string of the molecule is Cc1ccc(OCCC(=O)NC2CCCC2CO)cc1C. The molecule has 0 heterocycles. The van der Waals surface area contributed by atoms with E-state index in [-0.39, 0.29) is 24.5 Å². The van der Waals surface area contributed by atoms with Crippen LogP contribution in [0.5, 0.6) is 5.75 Å². The molecular formula is C17H25NO3. The first-order valence-electron chi connectivity index (χ1n) is 7.70. The molecule has 0 spiro atoms. The van der Waals surface area contributed by atoms with Gasteiger partial charge < -0.3 is 15.2 Å². The van der Waals surface area contributed by atoms with Gasteiger partial charge in [0.15, 0.2) is 0 Å². The molecule has 21 heavy (non-hydrogen) atoms. The van der Waals surface area contributed by atoms with Gasteiger partial charge in [-0.05, 0) is 49.9 Å². The largest absolute Gasteiger partial charge is 0.493 e. The Labute approximate surface area is 126 Å². The third kappa shape index (κ3) is 4.46. The number of rotatable bonds is 6. The van der Waals surface area contributed by atoms with Crippen LogP contribution in [0.2, 0.25) is 0 Å². The molecule has 4 nitrogen and oxygen atoms in total. The molecule has 2 N–H and O–H groups in total. The number of aryl methyl sites for hydroxylation is 2. The Morgan fingerprint density at radius 1 is 1.33 bits per heavy atom. The minimum absolute atomic E-state index is 0.00387. The standard InChI is InChI=1S/C17H25NO3/c1-12-6-7-15(10-13(12)2)21-9-8-17(20)18-16-5-3-4-14(16)11-19/h6-7,10,14,16,19H,3-5,8-9,11H2,1-2H3,(H,18,20). The molecule has 1 fully saturated rings. The zero-order valence-corrected chi connectivity index (χ0v) is 12.9. The lowest BCUT2D eigenvalue weighted by Crippen LogP contribution is -2.39. The summed E-state index contributed by atoms with van der Waals surface area (Å²) in [4.78, 5) is 11.9. The Morgan fingerprint density at radius 2 is 2.14 bits per heavy atom. The lowest BCUT2D eigenvalue weighted by molar-refractivity contribution is -0.122. The van der Waals surface area contributed by atoms with Gasteiger partial charge in [0.1, 0.15) is 5.75 Å². The number of carbonyl (C=O) groups excluding carboxylic acids is 1. The van der Waals surface area contributed by atoms with Crippen molar-refractivity contribution < 1.29 is 14.6 Å². The van der Waals surface area contributed by atoms with E-state index in [0.29, 0.717) is 13.0 Å². The number of benzene rings is 1. The first-order valence-corrected chi connectivity index (χ1v) is 7.70. The maximum atomic E-state index is 11.9. The van der Waals surface area contributed by atoms with E-state index in [9.17, 15) is 9.90 Å². The Bertz CT molecular complexity index is 487. The molecule has 1 aliphatic carbocycles. The van der Waals surface area contributed by atoms with E-state index in [2.05, 4.69) is 12.2 Å². The summed E-state index contributed by atoms with van der Waals surface area (Å²) in [6.45, 7) is 4.64. The summed E-state index contributed by atoms with van der Waals surface area (Å²) in [5, 5.41) is 12.3. The number of nitrogens with one attached hydrogen (secondary N) is 1. The average molecular weight is 291 g/mol. The van der Waals surface area contributed by atoms with Gasteiger partial charge in [-0.1, -0.05) is 12.5 Å². The molecule has 0 saturated heterocycles. The number of carbonyl (C=O) groups is 1. The van der Waals surface area contributed by atoms with Crippen LogP contribution in [0.3, 0.4) is 0 Å². The van der Waals surface area contributed by atoms with Crippen LogP contribution in [0.25, 0.3) is 0 Å². The van der Waals surface area contributed by atoms with Gasteiger partial charge in [-0.2, -0.15) is 0 Å². The minimum atomic E-state index is 0.00387. The fourth-order valence-corrected chi connectivity index (χ4v) is 2.79. The molecule has 1 aromatic rings. The first-order chi connectivity index (χ1) is 10.1. The highest BCUT2D eigenvalue weighted by Gasteiger charge is 2.27. The van der Waals surface area contributed by atoms with Crippen LogP contribution in [0.1, 0.15) is 36.8 Å². The Hall–Kier alpha value is -1.55. The lowest BCUT2D eigenvalue weighted by Gasteiger charge is -2.19. The number of aliphatic hydroxyl groups is 1. The van der Waals surface area contributed by atoms with E-state index < -0.39 is 0 Å². The Balaban J connectivity index is 1.72. The quantitative estimate of drug-likeness (QED) is 0.846. The minimum Gasteiger partial charge on any atom is -0.493 e. The number of hydrogen-bond donors (Lipinski definition) is 2. The molecule has 0 aliphatic heterocycles. The van der Waals surface area contributed by atoms with Crippen LogP contribution in [-0.2, 0) is 4.79 Å². The summed E-state index contributed by atoms with van der Waals surface area (Å²) < 4.78 is 5.62. The monoisotopic (exact) mass is 291 g/mol. The third-order valence-corrected chi connectivity index (χ3v) is 4.32. The summed E-state index contributed by atoms with van der Waals surface area (Å²) in [7, 11) is 0. The van der Waals surface area contributed by atoms with E-state index in [1.165, 1.54) is 11.1 Å². The predicted octanol–water partition coefficient (Wildman–Crippen LogP) is 2.35. The highest BCUT2D eigenvalue weighted by atomic mass is 16.5. The van der Waals surface area contributed by atoms with E-state index in [1.807, 2.05) is 25.1 Å². The molecule has 0 bridgehead atoms. The number of hydrogen-bond acceptors (Lipinski definition) is 3. The molecule has 4 heteroatoms. The smallest absolute Gasteiger partial charge is 0.223 e. The molecule has 2 rings (SSSR count). The van der Waals surface area contributed by atoms with E-state index >= 15 is 0 Å². The molecule has 116 valence electrons. The van der Waals surface area contributed by atoms with Crippen molar-refractivity contribution in [1.29, 1.82) is 0 Å². The molecule has 1 amide bonds. The van der Waals surface area contributed by atoms with Crippen LogP contribution >= 0.6 is 0 Å². The van der Waals surface area contributed by atoms with Gasteiger partial charge in [0.2, 0.25) is 5.91 Å². The summed E-state index contributed by atoms with van der Waals surface area (Å²) >= 11 is 0. The van der Waals surface area contributed by atoms with Crippen molar-refractivity contribution >= 4 is 5.91 Å². The third-order valence-electron chi connectivity index (χ3n) is 4.32. The predicted molar refractivity (Wildman–Crippen MR) is 82.4 cm³/mol. The maximum Gasteiger partial charge on any atom is 0.223 e. The van der Waals surface area contributed by atoms with Crippen LogP contribution in [0.4, 0.5) is 0 Å². The Morgan fingerprint density at radius 3 is 2.86 bits per heavy atom. The number of aliphatic hydroxyl groups excluding tert-OH is 1. The van der Waals surface area contributed by atoms with Gasteiger partial charge >= 0.3 is 0 Å². The summed E-state index contributed by atoms with van der Waals surface area (Å²) in [6, 6.07) is 6.07.